The van der Waals surface area contributed by atoms with Crippen molar-refractivity contribution in [3.63, 3.8) is 0 Å². The molecule has 5 rings (SSSR count). The summed E-state index contributed by atoms with van der Waals surface area (Å²) in [4.78, 5) is 43.8. The van der Waals surface area contributed by atoms with Crippen LogP contribution in [0.5, 0.6) is 28.7 Å². The molecule has 0 bridgehead atoms. The largest absolute Gasteiger partial charge is 0.507 e. The number of ketones is 3. The van der Waals surface area contributed by atoms with E-state index in [4.69, 9.17) is 18.7 Å². The van der Waals surface area contributed by atoms with Crippen LogP contribution in [0, 0.1) is 6.92 Å². The number of ether oxygens (including phenoxy) is 3. The van der Waals surface area contributed by atoms with E-state index in [0.29, 0.717) is 40.9 Å². The number of allylic oxidation sites excluding steroid dienone is 4. The van der Waals surface area contributed by atoms with E-state index in [2.05, 4.69) is 15.5 Å². The van der Waals surface area contributed by atoms with E-state index in [1.165, 1.54) is 34.0 Å². The molecule has 1 atom stereocenters. The second-order valence-corrected chi connectivity index (χ2v) is 10.1. The molecule has 218 valence electrons. The Morgan fingerprint density at radius 3 is 2.48 bits per heavy atom. The summed E-state index contributed by atoms with van der Waals surface area (Å²) < 4.78 is 21.7. The van der Waals surface area contributed by atoms with Crippen LogP contribution < -0.4 is 19.5 Å². The summed E-state index contributed by atoms with van der Waals surface area (Å²) in [6.45, 7) is 6.03. The molecule has 0 amide bonds. The molecule has 0 saturated heterocycles. The molecule has 2 aromatic carbocycles. The van der Waals surface area contributed by atoms with Gasteiger partial charge in [-0.3, -0.25) is 14.4 Å². The number of Topliss-reactive ketones (excluding diaryl/α,β-unsaturated/α-hetero) is 2. The van der Waals surface area contributed by atoms with Gasteiger partial charge < -0.3 is 34.3 Å². The van der Waals surface area contributed by atoms with Gasteiger partial charge in [0.15, 0.2) is 28.8 Å². The van der Waals surface area contributed by atoms with Crippen molar-refractivity contribution < 1.29 is 43.3 Å². The number of hydrogen-bond donors (Lipinski definition) is 3. The van der Waals surface area contributed by atoms with Crippen molar-refractivity contribution in [3.8, 4) is 40.1 Å². The van der Waals surface area contributed by atoms with Gasteiger partial charge in [0.1, 0.15) is 34.0 Å². The highest BCUT2D eigenvalue weighted by atomic mass is 16.5. The van der Waals surface area contributed by atoms with Gasteiger partial charge >= 0.3 is 0 Å². The SMILES string of the molecule is COc1ccc(-c2noc(CCNC(C)=C3C(=O)C=C4Oc5c(C(C)=O)c(O)c(C)c(O)c5C4(C)C3=O)n2)cc1OC. The Hall–Kier alpha value is -5.13. The lowest BCUT2D eigenvalue weighted by Gasteiger charge is -2.29. The maximum Gasteiger partial charge on any atom is 0.228 e. The van der Waals surface area contributed by atoms with Crippen LogP contribution in [0.3, 0.4) is 0 Å². The number of aromatic nitrogens is 2. The normalized spacial score (nSPS) is 18.6. The Labute approximate surface area is 240 Å². The smallest absolute Gasteiger partial charge is 0.228 e. The zero-order chi connectivity index (χ0) is 30.5. The number of carbonyl (C=O) groups excluding carboxylic acids is 3. The van der Waals surface area contributed by atoms with E-state index in [0.717, 1.165) is 0 Å². The fraction of sp³-hybridized carbons (Fsp3) is 0.300. The van der Waals surface area contributed by atoms with Crippen LogP contribution in [0.4, 0.5) is 0 Å². The highest BCUT2D eigenvalue weighted by Crippen LogP contribution is 2.57. The Balaban J connectivity index is 1.39. The molecular formula is C30H29N3O9. The van der Waals surface area contributed by atoms with Crippen LogP contribution in [0.25, 0.3) is 11.4 Å². The maximum absolute atomic E-state index is 13.9. The van der Waals surface area contributed by atoms with Crippen LogP contribution >= 0.6 is 0 Å². The van der Waals surface area contributed by atoms with Gasteiger partial charge in [-0.05, 0) is 45.9 Å². The van der Waals surface area contributed by atoms with Crippen LogP contribution in [-0.4, -0.2) is 58.5 Å². The fourth-order valence-corrected chi connectivity index (χ4v) is 5.26. The number of rotatable bonds is 8. The van der Waals surface area contributed by atoms with E-state index in [9.17, 15) is 24.6 Å². The number of phenols is 2. The van der Waals surface area contributed by atoms with Gasteiger partial charge in [-0.15, -0.1) is 0 Å². The average Bonchev–Trinajstić information content (AvgIpc) is 3.54. The molecule has 3 aromatic rings. The van der Waals surface area contributed by atoms with Gasteiger partial charge in [0, 0.05) is 35.9 Å². The Morgan fingerprint density at radius 1 is 1.10 bits per heavy atom. The zero-order valence-corrected chi connectivity index (χ0v) is 23.9. The van der Waals surface area contributed by atoms with Crippen molar-refractivity contribution >= 4 is 17.3 Å². The van der Waals surface area contributed by atoms with Crippen LogP contribution in [-0.2, 0) is 21.4 Å². The molecule has 0 radical (unpaired) electrons. The lowest BCUT2D eigenvalue weighted by Crippen LogP contribution is -2.41. The lowest BCUT2D eigenvalue weighted by molar-refractivity contribution is -0.123. The summed E-state index contributed by atoms with van der Waals surface area (Å²) in [6, 6.07) is 5.24. The molecule has 2 aliphatic rings. The number of aromatic hydroxyl groups is 2. The minimum absolute atomic E-state index is 0.0274. The number of benzene rings is 2. The Bertz CT molecular complexity index is 1730. The molecular weight excluding hydrogens is 546 g/mol. The first-order valence-corrected chi connectivity index (χ1v) is 13.0. The van der Waals surface area contributed by atoms with E-state index in [1.807, 2.05) is 0 Å². The number of hydrogen-bond acceptors (Lipinski definition) is 12. The molecule has 1 aromatic heterocycles. The van der Waals surface area contributed by atoms with E-state index in [1.54, 1.807) is 32.2 Å². The monoisotopic (exact) mass is 575 g/mol. The van der Waals surface area contributed by atoms with Crippen molar-refractivity contribution in [1.82, 2.24) is 15.5 Å². The van der Waals surface area contributed by atoms with Gasteiger partial charge in [0.2, 0.25) is 11.7 Å². The Kier molecular flexibility index (Phi) is 7.01. The van der Waals surface area contributed by atoms with Gasteiger partial charge in [-0.2, -0.15) is 4.98 Å². The third-order valence-electron chi connectivity index (χ3n) is 7.60. The maximum atomic E-state index is 13.9. The summed E-state index contributed by atoms with van der Waals surface area (Å²) in [7, 11) is 3.07. The fourth-order valence-electron chi connectivity index (χ4n) is 5.26. The quantitative estimate of drug-likeness (QED) is 0.203. The minimum Gasteiger partial charge on any atom is -0.507 e. The topological polar surface area (TPSA) is 170 Å². The number of nitrogens with zero attached hydrogens (tertiary/aromatic N) is 2. The summed E-state index contributed by atoms with van der Waals surface area (Å²) in [5, 5.41) is 28.5. The first kappa shape index (κ1) is 28.4. The third-order valence-corrected chi connectivity index (χ3v) is 7.60. The van der Waals surface area contributed by atoms with Gasteiger partial charge in [-0.1, -0.05) is 5.16 Å². The van der Waals surface area contributed by atoms with Gasteiger partial charge in [0.25, 0.3) is 0 Å². The van der Waals surface area contributed by atoms with Crippen molar-refractivity contribution in [2.75, 3.05) is 20.8 Å². The number of phenolic OH excluding ortho intramolecular Hbond substituents is 2. The molecule has 12 nitrogen and oxygen atoms in total. The predicted molar refractivity (Wildman–Crippen MR) is 148 cm³/mol. The molecule has 1 aliphatic heterocycles. The summed E-state index contributed by atoms with van der Waals surface area (Å²) in [5.74, 6) is -0.935. The standard InChI is InChI=1S/C30H29N3O9/c1-13-25(36)23(15(3)34)27-24(26(13)37)30(4)20(41-27)12-17(35)22(28(30)38)14(2)31-10-9-21-32-29(33-42-21)16-7-8-18(39-5)19(11-16)40-6/h7-8,11-12,31,36-37H,9-10H2,1-6H3. The molecule has 1 aliphatic carbocycles. The van der Waals surface area contributed by atoms with Crippen LogP contribution in [0.2, 0.25) is 0 Å². The van der Waals surface area contributed by atoms with Crippen molar-refractivity contribution in [1.29, 1.82) is 0 Å². The second-order valence-electron chi connectivity index (χ2n) is 10.1. The second kappa shape index (κ2) is 10.4. The highest BCUT2D eigenvalue weighted by molar-refractivity contribution is 6.31. The molecule has 2 heterocycles. The van der Waals surface area contributed by atoms with Crippen molar-refractivity contribution in [2.24, 2.45) is 0 Å². The number of methoxy groups -OCH3 is 2. The van der Waals surface area contributed by atoms with Crippen LogP contribution in [0.1, 0.15) is 48.1 Å². The van der Waals surface area contributed by atoms with E-state index in [-0.39, 0.29) is 46.1 Å². The molecule has 3 N–H and O–H groups in total. The number of fused-ring (bicyclic) bond motifs is 3. The molecule has 0 spiro atoms. The zero-order valence-electron chi connectivity index (χ0n) is 23.9. The average molecular weight is 576 g/mol. The van der Waals surface area contributed by atoms with E-state index >= 15 is 0 Å². The van der Waals surface area contributed by atoms with Gasteiger partial charge in [0.05, 0.1) is 25.4 Å². The Morgan fingerprint density at radius 2 is 1.81 bits per heavy atom. The first-order valence-electron chi connectivity index (χ1n) is 13.0. The van der Waals surface area contributed by atoms with Crippen LogP contribution in [0.15, 0.2) is 45.8 Å². The minimum atomic E-state index is -1.59. The summed E-state index contributed by atoms with van der Waals surface area (Å²) >= 11 is 0. The van der Waals surface area contributed by atoms with Crippen molar-refractivity contribution in [3.05, 3.63) is 63.9 Å². The van der Waals surface area contributed by atoms with Gasteiger partial charge in [-0.25, -0.2) is 0 Å². The number of nitrogens with one attached hydrogen (secondary N) is 1. The summed E-state index contributed by atoms with van der Waals surface area (Å²) in [6.07, 6.45) is 1.46. The third kappa shape index (κ3) is 4.26. The van der Waals surface area contributed by atoms with E-state index < -0.39 is 28.5 Å². The molecule has 0 fully saturated rings. The highest BCUT2D eigenvalue weighted by Gasteiger charge is 2.56. The predicted octanol–water partition coefficient (Wildman–Crippen LogP) is 3.47. The first-order chi connectivity index (χ1) is 19.9. The lowest BCUT2D eigenvalue weighted by atomic mass is 9.70. The molecule has 0 saturated carbocycles. The molecule has 42 heavy (non-hydrogen) atoms. The molecule has 1 unspecified atom stereocenters. The number of carbonyl (C=O) groups is 3. The van der Waals surface area contributed by atoms with Crippen molar-refractivity contribution in [2.45, 2.75) is 39.5 Å². The molecule has 12 heteroatoms. The summed E-state index contributed by atoms with van der Waals surface area (Å²) in [5.41, 5.74) is -0.839.